The zero-order chi connectivity index (χ0) is 12.3. The van der Waals surface area contributed by atoms with E-state index in [9.17, 15) is 9.59 Å². The number of aromatic nitrogens is 1. The van der Waals surface area contributed by atoms with Crippen molar-refractivity contribution in [2.75, 3.05) is 26.7 Å². The number of carbonyl (C=O) groups is 2. The Labute approximate surface area is 103 Å². The van der Waals surface area contributed by atoms with E-state index in [-0.39, 0.29) is 18.4 Å². The number of nitrogens with one attached hydrogen (secondary N) is 1. The lowest BCUT2D eigenvalue weighted by molar-refractivity contribution is -0.136. The van der Waals surface area contributed by atoms with E-state index in [0.717, 1.165) is 0 Å². The van der Waals surface area contributed by atoms with E-state index in [0.29, 0.717) is 18.8 Å². The van der Waals surface area contributed by atoms with E-state index in [1.54, 1.807) is 22.8 Å². The molecule has 0 saturated carbocycles. The second kappa shape index (κ2) is 5.24. The predicted octanol–water partition coefficient (Wildman–Crippen LogP) is -0.270. The van der Waals surface area contributed by atoms with Crippen molar-refractivity contribution in [2.45, 2.75) is 6.10 Å². The Hall–Kier alpha value is -1.47. The van der Waals surface area contributed by atoms with Crippen LogP contribution in [0.15, 0.2) is 10.9 Å². The van der Waals surface area contributed by atoms with Crippen LogP contribution in [-0.2, 0) is 9.53 Å². The first-order valence-electron chi connectivity index (χ1n) is 5.23. The minimum absolute atomic E-state index is 0.150. The molecule has 6 nitrogen and oxygen atoms in total. The Morgan fingerprint density at radius 1 is 1.65 bits per heavy atom. The summed E-state index contributed by atoms with van der Waals surface area (Å²) in [5.74, 6) is -0.357. The Bertz CT molecular complexity index is 407. The van der Waals surface area contributed by atoms with Crippen molar-refractivity contribution in [2.24, 2.45) is 0 Å². The van der Waals surface area contributed by atoms with Crippen LogP contribution in [0.25, 0.3) is 0 Å². The van der Waals surface area contributed by atoms with Crippen LogP contribution in [0.5, 0.6) is 0 Å². The molecule has 0 aromatic carbocycles. The van der Waals surface area contributed by atoms with Crippen LogP contribution >= 0.6 is 11.3 Å². The van der Waals surface area contributed by atoms with Crippen molar-refractivity contribution in [1.82, 2.24) is 15.2 Å². The molecule has 1 atom stereocenters. The zero-order valence-electron chi connectivity index (χ0n) is 9.38. The largest absolute Gasteiger partial charge is 0.365 e. The van der Waals surface area contributed by atoms with E-state index in [1.807, 2.05) is 0 Å². The summed E-state index contributed by atoms with van der Waals surface area (Å²) in [5, 5.41) is 4.21. The van der Waals surface area contributed by atoms with Crippen LogP contribution in [0.2, 0.25) is 0 Å². The Morgan fingerprint density at radius 3 is 3.12 bits per heavy atom. The van der Waals surface area contributed by atoms with Gasteiger partial charge in [-0.25, -0.2) is 4.98 Å². The standard InChI is InChI=1S/C10H13N3O3S/c1-11-9(14)8-4-13(2-3-16-8)10(15)7-5-17-6-12-7/h5-6,8H,2-4H2,1H3,(H,11,14)/t8-/m0/s1. The van der Waals surface area contributed by atoms with Crippen molar-refractivity contribution in [3.05, 3.63) is 16.6 Å². The predicted molar refractivity (Wildman–Crippen MR) is 61.8 cm³/mol. The third-order valence-corrected chi connectivity index (χ3v) is 3.13. The molecule has 1 aliphatic rings. The smallest absolute Gasteiger partial charge is 0.273 e. The van der Waals surface area contributed by atoms with Gasteiger partial charge < -0.3 is 15.0 Å². The number of likely N-dealkylation sites (N-methyl/N-ethyl adjacent to an activating group) is 1. The second-order valence-electron chi connectivity index (χ2n) is 3.60. The van der Waals surface area contributed by atoms with Gasteiger partial charge >= 0.3 is 0 Å². The van der Waals surface area contributed by atoms with Crippen molar-refractivity contribution < 1.29 is 14.3 Å². The Balaban J connectivity index is 2.02. The van der Waals surface area contributed by atoms with Crippen LogP contribution in [0, 0.1) is 0 Å². The molecule has 1 aliphatic heterocycles. The molecule has 0 radical (unpaired) electrons. The van der Waals surface area contributed by atoms with Crippen LogP contribution in [0.4, 0.5) is 0 Å². The van der Waals surface area contributed by atoms with Gasteiger partial charge in [0.2, 0.25) is 0 Å². The average Bonchev–Trinajstić information content (AvgIpc) is 2.91. The molecule has 92 valence electrons. The van der Waals surface area contributed by atoms with E-state index < -0.39 is 6.10 Å². The molecule has 2 rings (SSSR count). The molecule has 1 aromatic heterocycles. The van der Waals surface area contributed by atoms with Crippen molar-refractivity contribution >= 4 is 23.2 Å². The molecule has 1 saturated heterocycles. The van der Waals surface area contributed by atoms with E-state index in [4.69, 9.17) is 4.74 Å². The molecular weight excluding hydrogens is 242 g/mol. The van der Waals surface area contributed by atoms with E-state index in [2.05, 4.69) is 10.3 Å². The minimum atomic E-state index is -0.587. The molecule has 0 unspecified atom stereocenters. The van der Waals surface area contributed by atoms with Crippen LogP contribution in [0.1, 0.15) is 10.5 Å². The molecule has 1 aromatic rings. The molecule has 1 fully saturated rings. The minimum Gasteiger partial charge on any atom is -0.365 e. The summed E-state index contributed by atoms with van der Waals surface area (Å²) in [7, 11) is 1.55. The van der Waals surface area contributed by atoms with Gasteiger partial charge in [-0.1, -0.05) is 0 Å². The lowest BCUT2D eigenvalue weighted by Crippen LogP contribution is -2.51. The van der Waals surface area contributed by atoms with Gasteiger partial charge in [0, 0.05) is 19.0 Å². The molecule has 0 bridgehead atoms. The lowest BCUT2D eigenvalue weighted by atomic mass is 10.2. The van der Waals surface area contributed by atoms with Gasteiger partial charge in [-0.2, -0.15) is 0 Å². The SMILES string of the molecule is CNC(=O)[C@@H]1CN(C(=O)c2cscn2)CCO1. The maximum Gasteiger partial charge on any atom is 0.273 e. The van der Waals surface area contributed by atoms with Gasteiger partial charge in [0.05, 0.1) is 18.7 Å². The third-order valence-electron chi connectivity index (χ3n) is 2.54. The van der Waals surface area contributed by atoms with Crippen molar-refractivity contribution in [1.29, 1.82) is 0 Å². The highest BCUT2D eigenvalue weighted by molar-refractivity contribution is 7.07. The van der Waals surface area contributed by atoms with Gasteiger partial charge in [-0.05, 0) is 0 Å². The monoisotopic (exact) mass is 255 g/mol. The number of carbonyl (C=O) groups excluding carboxylic acids is 2. The summed E-state index contributed by atoms with van der Waals surface area (Å²) in [4.78, 5) is 29.0. The molecule has 1 N–H and O–H groups in total. The Morgan fingerprint density at radius 2 is 2.47 bits per heavy atom. The maximum absolute atomic E-state index is 12.0. The third kappa shape index (κ3) is 2.62. The average molecular weight is 255 g/mol. The molecule has 0 spiro atoms. The second-order valence-corrected chi connectivity index (χ2v) is 4.32. The van der Waals surface area contributed by atoms with E-state index in [1.165, 1.54) is 11.3 Å². The maximum atomic E-state index is 12.0. The van der Waals surface area contributed by atoms with Crippen LogP contribution < -0.4 is 5.32 Å². The van der Waals surface area contributed by atoms with E-state index >= 15 is 0 Å². The molecule has 2 heterocycles. The number of hydrogen-bond acceptors (Lipinski definition) is 5. The lowest BCUT2D eigenvalue weighted by Gasteiger charge is -2.31. The molecule has 0 aliphatic carbocycles. The molecular formula is C10H13N3O3S. The first-order valence-corrected chi connectivity index (χ1v) is 6.17. The highest BCUT2D eigenvalue weighted by Crippen LogP contribution is 2.11. The van der Waals surface area contributed by atoms with Crippen molar-refractivity contribution in [3.63, 3.8) is 0 Å². The summed E-state index contributed by atoms with van der Waals surface area (Å²) >= 11 is 1.37. The number of hydrogen-bond donors (Lipinski definition) is 1. The Kier molecular flexibility index (Phi) is 3.70. The number of nitrogens with zero attached hydrogens (tertiary/aromatic N) is 2. The number of thiazole rings is 1. The fourth-order valence-corrected chi connectivity index (χ4v) is 2.16. The van der Waals surface area contributed by atoms with Gasteiger partial charge in [0.25, 0.3) is 11.8 Å². The quantitative estimate of drug-likeness (QED) is 0.789. The fourth-order valence-electron chi connectivity index (χ4n) is 1.63. The topological polar surface area (TPSA) is 71.5 Å². The highest BCUT2D eigenvalue weighted by Gasteiger charge is 2.29. The summed E-state index contributed by atoms with van der Waals surface area (Å²) in [6, 6.07) is 0. The van der Waals surface area contributed by atoms with Gasteiger partial charge in [-0.15, -0.1) is 11.3 Å². The number of amides is 2. The van der Waals surface area contributed by atoms with Gasteiger partial charge in [0.15, 0.2) is 6.10 Å². The number of morpholine rings is 1. The fraction of sp³-hybridized carbons (Fsp3) is 0.500. The van der Waals surface area contributed by atoms with Crippen LogP contribution in [-0.4, -0.2) is 54.5 Å². The summed E-state index contributed by atoms with van der Waals surface area (Å²) in [5.41, 5.74) is 2.04. The number of ether oxygens (including phenoxy) is 1. The van der Waals surface area contributed by atoms with Crippen LogP contribution in [0.3, 0.4) is 0 Å². The zero-order valence-corrected chi connectivity index (χ0v) is 10.2. The van der Waals surface area contributed by atoms with Gasteiger partial charge in [0.1, 0.15) is 5.69 Å². The normalized spacial score (nSPS) is 20.1. The molecule has 7 heteroatoms. The summed E-state index contributed by atoms with van der Waals surface area (Å²) in [6.45, 7) is 1.13. The molecule has 2 amide bonds. The summed E-state index contributed by atoms with van der Waals surface area (Å²) < 4.78 is 5.30. The highest BCUT2D eigenvalue weighted by atomic mass is 32.1. The van der Waals surface area contributed by atoms with Crippen molar-refractivity contribution in [3.8, 4) is 0 Å². The summed E-state index contributed by atoms with van der Waals surface area (Å²) in [6.07, 6.45) is -0.587. The number of rotatable bonds is 2. The first-order chi connectivity index (χ1) is 8.22. The molecule has 17 heavy (non-hydrogen) atoms. The van der Waals surface area contributed by atoms with Gasteiger partial charge in [-0.3, -0.25) is 9.59 Å². The first kappa shape index (κ1) is 12.0.